The van der Waals surface area contributed by atoms with Crippen LogP contribution in [-0.4, -0.2) is 39.9 Å². The summed E-state index contributed by atoms with van der Waals surface area (Å²) in [6.07, 6.45) is 0. The van der Waals surface area contributed by atoms with Crippen LogP contribution in [0.4, 0.5) is 0 Å². The molecule has 1 unspecified atom stereocenters. The van der Waals surface area contributed by atoms with Crippen LogP contribution in [-0.2, 0) is 6.54 Å². The van der Waals surface area contributed by atoms with Crippen molar-refractivity contribution < 1.29 is 5.11 Å². The van der Waals surface area contributed by atoms with Gasteiger partial charge in [-0.2, -0.15) is 0 Å². The van der Waals surface area contributed by atoms with Crippen molar-refractivity contribution in [1.29, 1.82) is 0 Å². The van der Waals surface area contributed by atoms with E-state index in [1.807, 2.05) is 6.07 Å². The van der Waals surface area contributed by atoms with E-state index in [2.05, 4.69) is 24.8 Å². The van der Waals surface area contributed by atoms with E-state index in [1.54, 1.807) is 22.9 Å². The molecule has 1 atom stereocenters. The number of hydrogen-bond acceptors (Lipinski definition) is 2. The van der Waals surface area contributed by atoms with Gasteiger partial charge in [-0.15, -0.1) is 0 Å². The van der Waals surface area contributed by atoms with Gasteiger partial charge in [0.1, 0.15) is 0 Å². The summed E-state index contributed by atoms with van der Waals surface area (Å²) in [5, 5.41) is 9.66. The molecule has 0 amide bonds. The number of rotatable bonds is 4. The Morgan fingerprint density at radius 2 is 1.93 bits per heavy atom. The molecule has 0 fully saturated rings. The Morgan fingerprint density at radius 3 is 2.50 bits per heavy atom. The van der Waals surface area contributed by atoms with Gasteiger partial charge in [-0.1, -0.05) is 0 Å². The Hall–Kier alpha value is -0.462. The molecule has 0 aliphatic heterocycles. The Balaban J connectivity index is 2.79. The first-order chi connectivity index (χ1) is 6.67. The van der Waals surface area contributed by atoms with Gasteiger partial charge < -0.3 is 0 Å². The van der Waals surface area contributed by atoms with Crippen molar-refractivity contribution in [2.24, 2.45) is 0 Å². The minimum atomic E-state index is 0.415. The van der Waals surface area contributed by atoms with Crippen molar-refractivity contribution in [2.75, 3.05) is 13.1 Å². The normalized spacial score (nSPS) is 10.9. The maximum atomic E-state index is 9.66. The number of phenols is 1. The van der Waals surface area contributed by atoms with Crippen LogP contribution in [0.25, 0.3) is 0 Å². The Labute approximate surface area is 94.4 Å². The monoisotopic (exact) mass is 255 g/mol. The van der Waals surface area contributed by atoms with E-state index < -0.39 is 0 Å². The summed E-state index contributed by atoms with van der Waals surface area (Å²) in [6.45, 7) is 7.17. The van der Waals surface area contributed by atoms with Gasteiger partial charge in [0.25, 0.3) is 0 Å². The molecule has 0 radical (unpaired) electrons. The van der Waals surface area contributed by atoms with Crippen molar-refractivity contribution in [1.82, 2.24) is 4.90 Å². The zero-order valence-corrected chi connectivity index (χ0v) is 11.2. The molecule has 2 nitrogen and oxygen atoms in total. The Morgan fingerprint density at radius 1 is 1.29 bits per heavy atom. The van der Waals surface area contributed by atoms with E-state index >= 15 is 0 Å². The van der Waals surface area contributed by atoms with Crippen molar-refractivity contribution in [3.63, 3.8) is 0 Å². The van der Waals surface area contributed by atoms with Crippen LogP contribution in [0.1, 0.15) is 19.4 Å². The predicted octanol–water partition coefficient (Wildman–Crippen LogP) is 0.492. The van der Waals surface area contributed by atoms with Gasteiger partial charge in [-0.3, -0.25) is 0 Å². The average Bonchev–Trinajstić information content (AvgIpc) is 2.19. The third-order valence-corrected chi connectivity index (χ3v) is 3.15. The summed E-state index contributed by atoms with van der Waals surface area (Å²) < 4.78 is 1.26. The van der Waals surface area contributed by atoms with Gasteiger partial charge in [-0.25, -0.2) is 0 Å². The van der Waals surface area contributed by atoms with Crippen LogP contribution in [0.2, 0.25) is 0 Å². The molecule has 14 heavy (non-hydrogen) atoms. The van der Waals surface area contributed by atoms with Crippen LogP contribution in [0.15, 0.2) is 18.2 Å². The molecule has 0 aromatic heterocycles. The fourth-order valence-electron chi connectivity index (χ4n) is 1.42. The van der Waals surface area contributed by atoms with Crippen LogP contribution in [0.5, 0.6) is 5.75 Å². The predicted molar refractivity (Wildman–Crippen MR) is 62.9 cm³/mol. The molecule has 0 aliphatic carbocycles. The van der Waals surface area contributed by atoms with Crippen molar-refractivity contribution >= 4 is 21.2 Å². The first-order valence-electron chi connectivity index (χ1n) is 4.97. The maximum absolute atomic E-state index is 9.66. The second-order valence-electron chi connectivity index (χ2n) is 3.35. The van der Waals surface area contributed by atoms with Gasteiger partial charge in [0.2, 0.25) is 0 Å². The third-order valence-electron chi connectivity index (χ3n) is 2.39. The quantitative estimate of drug-likeness (QED) is 0.792. The summed E-state index contributed by atoms with van der Waals surface area (Å²) in [5.41, 5.74) is 1.04. The second kappa shape index (κ2) is 5.43. The van der Waals surface area contributed by atoms with Gasteiger partial charge in [-0.05, 0) is 0 Å². The molecule has 1 aromatic rings. The third kappa shape index (κ3) is 3.04. The molecule has 1 aromatic carbocycles. The topological polar surface area (TPSA) is 23.5 Å². The zero-order chi connectivity index (χ0) is 10.6. The van der Waals surface area contributed by atoms with Crippen molar-refractivity contribution in [3.8, 4) is 5.75 Å². The summed E-state index contributed by atoms with van der Waals surface area (Å²) in [6, 6.07) is 5.82. The molecular weight excluding hydrogens is 237 g/mol. The molecule has 0 spiro atoms. The van der Waals surface area contributed by atoms with Crippen LogP contribution >= 0.6 is 0 Å². The fourth-order valence-corrected chi connectivity index (χ4v) is 2.04. The minimum absolute atomic E-state index is 0.415. The number of aromatic hydroxyl groups is 1. The Kier molecular flexibility index (Phi) is 4.50. The molecule has 0 bridgehead atoms. The van der Waals surface area contributed by atoms with Crippen LogP contribution in [0, 0.1) is 0 Å². The van der Waals surface area contributed by atoms with E-state index in [4.69, 9.17) is 0 Å². The molecule has 0 aliphatic rings. The van der Waals surface area contributed by atoms with Crippen molar-refractivity contribution in [2.45, 2.75) is 20.4 Å². The summed E-state index contributed by atoms with van der Waals surface area (Å²) in [5.74, 6) is 0.415. The zero-order valence-electron chi connectivity index (χ0n) is 8.83. The van der Waals surface area contributed by atoms with Gasteiger partial charge in [0.15, 0.2) is 0 Å². The van der Waals surface area contributed by atoms with Crippen molar-refractivity contribution in [3.05, 3.63) is 23.8 Å². The average molecular weight is 255 g/mol. The Bertz CT molecular complexity index is 297. The first kappa shape index (κ1) is 11.6. The molecule has 0 saturated carbocycles. The SMILES string of the molecule is CCN(CC)Cc1cc([AsH2])ccc1O. The number of nitrogens with zero attached hydrogens (tertiary/aromatic N) is 1. The second-order valence-corrected chi connectivity index (χ2v) is 4.75. The molecule has 1 N–H and O–H groups in total. The molecule has 1 rings (SSSR count). The molecule has 0 heterocycles. The molecule has 78 valence electrons. The first-order valence-corrected chi connectivity index (χ1v) is 6.18. The van der Waals surface area contributed by atoms with E-state index in [9.17, 15) is 5.11 Å². The number of phenolic OH excluding ortho intramolecular Hbond substituents is 1. The van der Waals surface area contributed by atoms with Gasteiger partial charge in [0.05, 0.1) is 0 Å². The molecular formula is C11H18AsNO. The van der Waals surface area contributed by atoms with E-state index in [-0.39, 0.29) is 0 Å². The summed E-state index contributed by atoms with van der Waals surface area (Å²) in [7, 11) is 0. The number of benzene rings is 1. The van der Waals surface area contributed by atoms with Crippen LogP contribution < -0.4 is 4.35 Å². The molecule has 0 saturated heterocycles. The van der Waals surface area contributed by atoms with E-state index in [0.29, 0.717) is 5.75 Å². The summed E-state index contributed by atoms with van der Waals surface area (Å²) >= 11 is 1.60. The fraction of sp³-hybridized carbons (Fsp3) is 0.455. The van der Waals surface area contributed by atoms with E-state index in [1.165, 1.54) is 4.35 Å². The summed E-state index contributed by atoms with van der Waals surface area (Å²) in [4.78, 5) is 2.29. The van der Waals surface area contributed by atoms with E-state index in [0.717, 1.165) is 25.2 Å². The van der Waals surface area contributed by atoms with Crippen LogP contribution in [0.3, 0.4) is 0 Å². The van der Waals surface area contributed by atoms with Gasteiger partial charge in [0, 0.05) is 0 Å². The standard InChI is InChI=1S/C11H18AsNO/c1-3-13(4-2)8-9-7-10(12)5-6-11(9)14/h5-7,14H,3-4,8,12H2,1-2H3. The number of hydrogen-bond donors (Lipinski definition) is 1. The van der Waals surface area contributed by atoms with Gasteiger partial charge >= 0.3 is 94.2 Å². The molecule has 3 heteroatoms.